The van der Waals surface area contributed by atoms with Crippen molar-refractivity contribution in [3.8, 4) is 11.5 Å². The third-order valence-corrected chi connectivity index (χ3v) is 4.19. The van der Waals surface area contributed by atoms with Crippen molar-refractivity contribution >= 4 is 15.9 Å². The van der Waals surface area contributed by atoms with Gasteiger partial charge in [-0.1, -0.05) is 0 Å². The van der Waals surface area contributed by atoms with Crippen LogP contribution in [0.1, 0.15) is 30.0 Å². The lowest BCUT2D eigenvalue weighted by atomic mass is 10.1. The third-order valence-electron chi connectivity index (χ3n) is 3.57. The molecule has 0 saturated heterocycles. The summed E-state index contributed by atoms with van der Waals surface area (Å²) >= 11 is 3.36. The van der Waals surface area contributed by atoms with Crippen LogP contribution in [0.25, 0.3) is 0 Å². The second-order valence-corrected chi connectivity index (χ2v) is 6.29. The van der Waals surface area contributed by atoms with E-state index in [0.29, 0.717) is 16.0 Å². The monoisotopic (exact) mass is 351 g/mol. The van der Waals surface area contributed by atoms with E-state index in [2.05, 4.69) is 15.9 Å². The number of ether oxygens (including phenoxy) is 1. The molecule has 1 aromatic carbocycles. The van der Waals surface area contributed by atoms with Crippen LogP contribution in [0, 0.1) is 19.7 Å². The zero-order chi connectivity index (χ0) is 15.1. The molecule has 0 radical (unpaired) electrons. The number of aromatic nitrogens is 1. The quantitative estimate of drug-likeness (QED) is 0.815. The van der Waals surface area contributed by atoms with Crippen LogP contribution in [0.2, 0.25) is 0 Å². The highest BCUT2D eigenvalue weighted by molar-refractivity contribution is 9.10. The second-order valence-electron chi connectivity index (χ2n) is 5.43. The molecule has 110 valence electrons. The van der Waals surface area contributed by atoms with Gasteiger partial charge in [0, 0.05) is 12.1 Å². The first kappa shape index (κ1) is 14.3. The van der Waals surface area contributed by atoms with Crippen molar-refractivity contribution in [1.82, 2.24) is 4.57 Å². The van der Waals surface area contributed by atoms with Gasteiger partial charge in [-0.2, -0.15) is 0 Å². The summed E-state index contributed by atoms with van der Waals surface area (Å²) < 4.78 is 21.6. The predicted molar refractivity (Wildman–Crippen MR) is 82.6 cm³/mol. The summed E-state index contributed by atoms with van der Waals surface area (Å²) in [6, 6.07) is 4.67. The van der Waals surface area contributed by atoms with Crippen LogP contribution < -0.4 is 10.3 Å². The first-order valence-corrected chi connectivity index (χ1v) is 7.61. The fourth-order valence-corrected chi connectivity index (χ4v) is 2.77. The molecule has 3 nitrogen and oxygen atoms in total. The Hall–Kier alpha value is -1.62. The summed E-state index contributed by atoms with van der Waals surface area (Å²) in [4.78, 5) is 11.9. The van der Waals surface area contributed by atoms with Crippen molar-refractivity contribution in [3.05, 3.63) is 56.2 Å². The summed E-state index contributed by atoms with van der Waals surface area (Å²) in [5.41, 5.74) is 1.41. The van der Waals surface area contributed by atoms with Crippen molar-refractivity contribution < 1.29 is 9.13 Å². The lowest BCUT2D eigenvalue weighted by Crippen LogP contribution is -2.17. The van der Waals surface area contributed by atoms with Crippen LogP contribution in [0.3, 0.4) is 0 Å². The van der Waals surface area contributed by atoms with Gasteiger partial charge in [0.2, 0.25) is 0 Å². The number of aryl methyl sites for hydroxylation is 2. The average Bonchev–Trinajstić information content (AvgIpc) is 3.20. The lowest BCUT2D eigenvalue weighted by molar-refractivity contribution is 0.460. The number of pyridine rings is 1. The number of nitrogens with zero attached hydrogens (tertiary/aromatic N) is 1. The summed E-state index contributed by atoms with van der Waals surface area (Å²) in [5.74, 6) is 0.914. The van der Waals surface area contributed by atoms with Gasteiger partial charge in [-0.15, -0.1) is 0 Å². The van der Waals surface area contributed by atoms with E-state index in [1.54, 1.807) is 24.6 Å². The number of benzene rings is 1. The molecule has 0 bridgehead atoms. The maximum Gasteiger partial charge on any atom is 0.252 e. The van der Waals surface area contributed by atoms with Gasteiger partial charge in [-0.3, -0.25) is 4.79 Å². The fourth-order valence-electron chi connectivity index (χ4n) is 2.39. The van der Waals surface area contributed by atoms with Gasteiger partial charge in [-0.25, -0.2) is 4.39 Å². The molecule has 0 aliphatic heterocycles. The van der Waals surface area contributed by atoms with Crippen LogP contribution in [0.15, 0.2) is 33.7 Å². The predicted octanol–water partition coefficient (Wildman–Crippen LogP) is 4.49. The number of rotatable bonds is 3. The van der Waals surface area contributed by atoms with Crippen LogP contribution in [0.4, 0.5) is 4.39 Å². The van der Waals surface area contributed by atoms with E-state index < -0.39 is 0 Å². The zero-order valence-corrected chi connectivity index (χ0v) is 13.4. The number of hydrogen-bond acceptors (Lipinski definition) is 2. The van der Waals surface area contributed by atoms with Crippen molar-refractivity contribution in [3.63, 3.8) is 0 Å². The third kappa shape index (κ3) is 2.88. The highest BCUT2D eigenvalue weighted by Gasteiger charge is 2.25. The maximum absolute atomic E-state index is 13.3. The zero-order valence-electron chi connectivity index (χ0n) is 11.8. The molecule has 3 rings (SSSR count). The summed E-state index contributed by atoms with van der Waals surface area (Å²) in [5, 5.41) is 0. The largest absolute Gasteiger partial charge is 0.454 e. The molecule has 1 aliphatic rings. The molecule has 0 amide bonds. The average molecular weight is 352 g/mol. The van der Waals surface area contributed by atoms with Crippen molar-refractivity contribution in [1.29, 1.82) is 0 Å². The molecular weight excluding hydrogens is 337 g/mol. The Bertz CT molecular complexity index is 742. The molecule has 0 unspecified atom stereocenters. The smallest absolute Gasteiger partial charge is 0.252 e. The standard InChI is InChI=1S/C16H15BrFNO2/c1-9-5-11(18)6-10(2)16(9)21-14-8-19(12-3-4-12)15(20)7-13(14)17/h5-8,12H,3-4H2,1-2H3. The molecule has 1 fully saturated rings. The second kappa shape index (κ2) is 5.30. The van der Waals surface area contributed by atoms with E-state index in [4.69, 9.17) is 4.74 Å². The SMILES string of the molecule is Cc1cc(F)cc(C)c1Oc1cn(C2CC2)c(=O)cc1Br. The molecule has 1 aliphatic carbocycles. The van der Waals surface area contributed by atoms with Crippen LogP contribution in [-0.4, -0.2) is 4.57 Å². The van der Waals surface area contributed by atoms with Crippen LogP contribution in [-0.2, 0) is 0 Å². The van der Waals surface area contributed by atoms with Gasteiger partial charge in [-0.05, 0) is 65.9 Å². The Kier molecular flexibility index (Phi) is 3.61. The molecule has 21 heavy (non-hydrogen) atoms. The van der Waals surface area contributed by atoms with Gasteiger partial charge >= 0.3 is 0 Å². The van der Waals surface area contributed by atoms with Gasteiger partial charge in [0.15, 0.2) is 5.75 Å². The molecule has 1 heterocycles. The highest BCUT2D eigenvalue weighted by atomic mass is 79.9. The summed E-state index contributed by atoms with van der Waals surface area (Å²) in [7, 11) is 0. The van der Waals surface area contributed by atoms with E-state index in [-0.39, 0.29) is 17.4 Å². The Morgan fingerprint density at radius 3 is 2.43 bits per heavy atom. The first-order valence-electron chi connectivity index (χ1n) is 6.82. The molecule has 1 saturated carbocycles. The van der Waals surface area contributed by atoms with Gasteiger partial charge in [0.1, 0.15) is 11.6 Å². The topological polar surface area (TPSA) is 31.2 Å². The minimum absolute atomic E-state index is 0.0377. The summed E-state index contributed by atoms with van der Waals surface area (Å²) in [6.45, 7) is 3.60. The molecule has 0 atom stereocenters. The minimum Gasteiger partial charge on any atom is -0.454 e. The van der Waals surface area contributed by atoms with Gasteiger partial charge in [0.05, 0.1) is 10.7 Å². The Labute approximate surface area is 130 Å². The van der Waals surface area contributed by atoms with E-state index in [9.17, 15) is 9.18 Å². The highest BCUT2D eigenvalue weighted by Crippen LogP contribution is 2.37. The van der Waals surface area contributed by atoms with E-state index in [0.717, 1.165) is 24.0 Å². The molecule has 5 heteroatoms. The molecule has 0 spiro atoms. The molecular formula is C16H15BrFNO2. The number of hydrogen-bond donors (Lipinski definition) is 0. The van der Waals surface area contributed by atoms with Crippen LogP contribution >= 0.6 is 15.9 Å². The van der Waals surface area contributed by atoms with E-state index in [1.807, 2.05) is 0 Å². The summed E-state index contributed by atoms with van der Waals surface area (Å²) in [6.07, 6.45) is 3.78. The Morgan fingerprint density at radius 2 is 1.86 bits per heavy atom. The van der Waals surface area contributed by atoms with Gasteiger partial charge < -0.3 is 9.30 Å². The van der Waals surface area contributed by atoms with E-state index >= 15 is 0 Å². The molecule has 1 aromatic heterocycles. The van der Waals surface area contributed by atoms with E-state index in [1.165, 1.54) is 18.2 Å². The Morgan fingerprint density at radius 1 is 1.24 bits per heavy atom. The Balaban J connectivity index is 2.02. The van der Waals surface area contributed by atoms with Crippen molar-refractivity contribution in [2.75, 3.05) is 0 Å². The number of halogens is 2. The minimum atomic E-state index is -0.278. The fraction of sp³-hybridized carbons (Fsp3) is 0.312. The normalized spacial score (nSPS) is 14.3. The van der Waals surface area contributed by atoms with Gasteiger partial charge in [0.25, 0.3) is 5.56 Å². The first-order chi connectivity index (χ1) is 9.95. The maximum atomic E-state index is 13.3. The molecule has 2 aromatic rings. The van der Waals surface area contributed by atoms with Crippen LogP contribution in [0.5, 0.6) is 11.5 Å². The van der Waals surface area contributed by atoms with Crippen molar-refractivity contribution in [2.24, 2.45) is 0 Å². The van der Waals surface area contributed by atoms with Crippen molar-refractivity contribution in [2.45, 2.75) is 32.7 Å². The lowest BCUT2D eigenvalue weighted by Gasteiger charge is -2.14. The molecule has 0 N–H and O–H groups in total.